The molecule has 5 aromatic rings. The number of nitriles is 1. The molecule has 0 spiro atoms. The first-order valence-corrected chi connectivity index (χ1v) is 12.7. The Balaban J connectivity index is 1.62. The molecule has 12 heteroatoms. The van der Waals surface area contributed by atoms with Crippen LogP contribution in [0.25, 0.3) is 10.9 Å². The highest BCUT2D eigenvalue weighted by Gasteiger charge is 2.21. The van der Waals surface area contributed by atoms with Gasteiger partial charge in [-0.25, -0.2) is 4.39 Å². The number of aromatic nitrogens is 4. The van der Waals surface area contributed by atoms with Gasteiger partial charge in [0.25, 0.3) is 5.91 Å². The predicted molar refractivity (Wildman–Crippen MR) is 152 cm³/mol. The van der Waals surface area contributed by atoms with E-state index < -0.39 is 11.9 Å². The summed E-state index contributed by atoms with van der Waals surface area (Å²) in [6.07, 6.45) is 2.95. The van der Waals surface area contributed by atoms with Gasteiger partial charge in [0.2, 0.25) is 0 Å². The number of pyridine rings is 1. The average molecular weight is 575 g/mol. The van der Waals surface area contributed by atoms with Crippen molar-refractivity contribution >= 4 is 57.1 Å². The summed E-state index contributed by atoms with van der Waals surface area (Å²) in [6, 6.07) is 16.7. The van der Waals surface area contributed by atoms with Crippen molar-refractivity contribution < 1.29 is 9.18 Å². The molecule has 0 saturated carbocycles. The van der Waals surface area contributed by atoms with E-state index in [2.05, 4.69) is 37.1 Å². The summed E-state index contributed by atoms with van der Waals surface area (Å²) < 4.78 is 14.8. The summed E-state index contributed by atoms with van der Waals surface area (Å²) in [6.45, 7) is 0. The van der Waals surface area contributed by atoms with Crippen LogP contribution in [0, 0.1) is 17.1 Å². The lowest BCUT2D eigenvalue weighted by Gasteiger charge is -2.21. The second-order valence-corrected chi connectivity index (χ2v) is 9.85. The molecule has 0 unspecified atom stereocenters. The maximum absolute atomic E-state index is 14.8. The van der Waals surface area contributed by atoms with Gasteiger partial charge in [-0.05, 0) is 42.0 Å². The van der Waals surface area contributed by atoms with Crippen molar-refractivity contribution in [1.29, 1.82) is 5.26 Å². The Labute approximate surface area is 238 Å². The summed E-state index contributed by atoms with van der Waals surface area (Å²) in [5.41, 5.74) is 3.38. The zero-order valence-corrected chi connectivity index (χ0v) is 22.7. The van der Waals surface area contributed by atoms with Gasteiger partial charge in [0.1, 0.15) is 11.8 Å². The molecule has 0 fully saturated rings. The molecule has 2 aromatic heterocycles. The zero-order valence-electron chi connectivity index (χ0n) is 21.2. The fraction of sp³-hybridized carbons (Fsp3) is 0.107. The Morgan fingerprint density at radius 1 is 1.10 bits per heavy atom. The summed E-state index contributed by atoms with van der Waals surface area (Å²) in [7, 11) is 3.37. The highest BCUT2D eigenvalue weighted by molar-refractivity contribution is 6.36. The van der Waals surface area contributed by atoms with E-state index in [1.165, 1.54) is 23.2 Å². The number of carbonyl (C=O) groups is 1. The molecule has 0 radical (unpaired) electrons. The van der Waals surface area contributed by atoms with Crippen molar-refractivity contribution in [3.8, 4) is 6.07 Å². The molecule has 3 aromatic carbocycles. The molecule has 200 valence electrons. The third-order valence-electron chi connectivity index (χ3n) is 6.17. The highest BCUT2D eigenvalue weighted by atomic mass is 35.5. The van der Waals surface area contributed by atoms with Gasteiger partial charge in [-0.3, -0.25) is 9.78 Å². The normalized spacial score (nSPS) is 11.6. The number of carbonyl (C=O) groups excluding carboxylic acids is 1. The Morgan fingerprint density at radius 3 is 2.62 bits per heavy atom. The van der Waals surface area contributed by atoms with Crippen molar-refractivity contribution in [1.82, 2.24) is 25.3 Å². The van der Waals surface area contributed by atoms with Crippen LogP contribution in [0.1, 0.15) is 33.2 Å². The molecular formula is C28H21Cl2FN8O. The molecule has 5 rings (SSSR count). The first kappa shape index (κ1) is 26.9. The van der Waals surface area contributed by atoms with Gasteiger partial charge in [0.15, 0.2) is 5.82 Å². The van der Waals surface area contributed by atoms with Crippen LogP contribution in [-0.2, 0) is 0 Å². The fourth-order valence-corrected chi connectivity index (χ4v) is 4.69. The van der Waals surface area contributed by atoms with E-state index in [-0.39, 0.29) is 22.2 Å². The Bertz CT molecular complexity index is 1770. The number of amides is 1. The van der Waals surface area contributed by atoms with Crippen LogP contribution in [0.5, 0.6) is 0 Å². The van der Waals surface area contributed by atoms with Crippen LogP contribution in [0.2, 0.25) is 10.0 Å². The minimum Gasteiger partial charge on any atom is -0.373 e. The van der Waals surface area contributed by atoms with E-state index in [1.807, 2.05) is 6.07 Å². The number of anilines is 3. The fourth-order valence-electron chi connectivity index (χ4n) is 4.25. The smallest absolute Gasteiger partial charge is 0.253 e. The number of nitrogens with zero attached hydrogens (tertiary/aromatic N) is 5. The Kier molecular flexibility index (Phi) is 7.51. The lowest BCUT2D eigenvalue weighted by Crippen LogP contribution is -2.22. The van der Waals surface area contributed by atoms with Crippen LogP contribution >= 0.6 is 23.2 Å². The number of nitrogens with one attached hydrogen (secondary N) is 3. The Morgan fingerprint density at radius 2 is 1.90 bits per heavy atom. The molecule has 0 aliphatic carbocycles. The number of benzene rings is 3. The topological polar surface area (TPSA) is 123 Å². The first-order valence-electron chi connectivity index (χ1n) is 11.9. The largest absolute Gasteiger partial charge is 0.373 e. The number of fused-ring (bicyclic) bond motifs is 1. The number of aromatic amines is 1. The second-order valence-electron chi connectivity index (χ2n) is 9.04. The molecule has 1 atom stereocenters. The van der Waals surface area contributed by atoms with Crippen LogP contribution in [0.3, 0.4) is 0 Å². The summed E-state index contributed by atoms with van der Waals surface area (Å²) >= 11 is 12.6. The number of hydrogen-bond acceptors (Lipinski definition) is 7. The van der Waals surface area contributed by atoms with E-state index in [0.717, 1.165) is 5.56 Å². The lowest BCUT2D eigenvalue weighted by atomic mass is 10.0. The summed E-state index contributed by atoms with van der Waals surface area (Å²) in [4.78, 5) is 18.5. The summed E-state index contributed by atoms with van der Waals surface area (Å²) in [5, 5.41) is 27.7. The van der Waals surface area contributed by atoms with Crippen LogP contribution in [0.4, 0.5) is 21.5 Å². The van der Waals surface area contributed by atoms with E-state index in [9.17, 15) is 14.4 Å². The van der Waals surface area contributed by atoms with Gasteiger partial charge in [-0.15, -0.1) is 0 Å². The molecule has 40 heavy (non-hydrogen) atoms. The predicted octanol–water partition coefficient (Wildman–Crippen LogP) is 6.32. The minimum atomic E-state index is -0.656. The van der Waals surface area contributed by atoms with Crippen LogP contribution in [0.15, 0.2) is 67.0 Å². The zero-order chi connectivity index (χ0) is 28.4. The van der Waals surface area contributed by atoms with E-state index in [0.29, 0.717) is 38.6 Å². The van der Waals surface area contributed by atoms with Crippen LogP contribution < -0.4 is 10.6 Å². The van der Waals surface area contributed by atoms with Crippen molar-refractivity contribution in [2.75, 3.05) is 24.7 Å². The number of H-pyrrole nitrogens is 1. The van der Waals surface area contributed by atoms with Crippen molar-refractivity contribution in [3.05, 3.63) is 105 Å². The minimum absolute atomic E-state index is 0.0623. The second kappa shape index (κ2) is 11.2. The molecule has 0 bridgehead atoms. The van der Waals surface area contributed by atoms with Gasteiger partial charge in [0, 0.05) is 36.9 Å². The molecular weight excluding hydrogens is 554 g/mol. The van der Waals surface area contributed by atoms with Crippen molar-refractivity contribution in [2.24, 2.45) is 0 Å². The van der Waals surface area contributed by atoms with Crippen molar-refractivity contribution in [2.45, 2.75) is 6.04 Å². The van der Waals surface area contributed by atoms with Gasteiger partial charge in [0.05, 0.1) is 44.7 Å². The van der Waals surface area contributed by atoms with Gasteiger partial charge in [-0.2, -0.15) is 20.7 Å². The van der Waals surface area contributed by atoms with Gasteiger partial charge >= 0.3 is 0 Å². The lowest BCUT2D eigenvalue weighted by molar-refractivity contribution is 0.0827. The van der Waals surface area contributed by atoms with Crippen molar-refractivity contribution in [3.63, 3.8) is 0 Å². The maximum Gasteiger partial charge on any atom is 0.253 e. The molecule has 9 nitrogen and oxygen atoms in total. The molecule has 0 saturated heterocycles. The molecule has 0 aliphatic rings. The van der Waals surface area contributed by atoms with E-state index in [4.69, 9.17) is 23.2 Å². The third kappa shape index (κ3) is 5.25. The maximum atomic E-state index is 14.8. The van der Waals surface area contributed by atoms with Gasteiger partial charge in [-0.1, -0.05) is 41.4 Å². The average Bonchev–Trinajstić information content (AvgIpc) is 3.49. The molecule has 1 amide bonds. The SMILES string of the molecule is CN(C)C(=O)c1cccc([C@H](Nc2cc(Cl)c3ncc(C#N)c(Nc4cccc(Cl)c4F)c3c2)c2cn[nH]n2)c1. The molecule has 0 aliphatic heterocycles. The quantitative estimate of drug-likeness (QED) is 0.208. The van der Waals surface area contributed by atoms with E-state index >= 15 is 0 Å². The Hall–Kier alpha value is -4.72. The molecule has 3 N–H and O–H groups in total. The van der Waals surface area contributed by atoms with Crippen LogP contribution in [-0.4, -0.2) is 45.3 Å². The van der Waals surface area contributed by atoms with E-state index in [1.54, 1.807) is 56.7 Å². The highest BCUT2D eigenvalue weighted by Crippen LogP contribution is 2.37. The summed E-state index contributed by atoms with van der Waals surface area (Å²) in [5.74, 6) is -0.801. The van der Waals surface area contributed by atoms with Gasteiger partial charge < -0.3 is 15.5 Å². The standard InChI is InChI=1S/C28H21Cl2FN8O/c1-39(2)28(40)16-6-3-5-15(9-16)26(23-14-34-38-37-23)35-18-10-19-25(36-22-8-4-7-20(29)24(22)31)17(12-32)13-33-27(19)21(30)11-18/h3-11,13-14,26,35H,1-2H3,(H,33,36)(H,34,37,38)/t26-/m0/s1. The monoisotopic (exact) mass is 574 g/mol. The number of rotatable bonds is 7. The third-order valence-corrected chi connectivity index (χ3v) is 6.75. The number of hydrogen-bond donors (Lipinski definition) is 3. The number of halogens is 3. The molecule has 2 heterocycles. The first-order chi connectivity index (χ1) is 19.3.